The zero-order valence-corrected chi connectivity index (χ0v) is 18.7. The number of fused-ring (bicyclic) bond motifs is 2. The quantitative estimate of drug-likeness (QED) is 0.312. The minimum absolute atomic E-state index is 0.135. The Morgan fingerprint density at radius 2 is 1.94 bits per heavy atom. The molecule has 32 heavy (non-hydrogen) atoms. The van der Waals surface area contributed by atoms with Gasteiger partial charge in [0.25, 0.3) is 5.91 Å². The van der Waals surface area contributed by atoms with Crippen molar-refractivity contribution in [2.75, 3.05) is 26.0 Å². The van der Waals surface area contributed by atoms with Crippen LogP contribution in [0.1, 0.15) is 22.3 Å². The molecule has 2 heterocycles. The van der Waals surface area contributed by atoms with E-state index in [9.17, 15) is 4.79 Å². The summed E-state index contributed by atoms with van der Waals surface area (Å²) in [5, 5.41) is 8.16. The van der Waals surface area contributed by atoms with Crippen molar-refractivity contribution in [3.8, 4) is 0 Å². The van der Waals surface area contributed by atoms with Gasteiger partial charge in [-0.25, -0.2) is 9.97 Å². The third-order valence-electron chi connectivity index (χ3n) is 4.78. The Morgan fingerprint density at radius 3 is 2.66 bits per heavy atom. The first-order valence-electron chi connectivity index (χ1n) is 9.83. The van der Waals surface area contributed by atoms with Gasteiger partial charge in [0.15, 0.2) is 5.65 Å². The summed E-state index contributed by atoms with van der Waals surface area (Å²) < 4.78 is 6.43. The van der Waals surface area contributed by atoms with Crippen LogP contribution in [0.25, 0.3) is 22.2 Å². The highest BCUT2D eigenvalue weighted by molar-refractivity contribution is 6.42. The number of carbonyl (C=O) groups excluding carboxylic acids is 1. The van der Waals surface area contributed by atoms with Crippen LogP contribution in [0.2, 0.25) is 10.0 Å². The van der Waals surface area contributed by atoms with Crippen molar-refractivity contribution in [1.29, 1.82) is 0 Å². The summed E-state index contributed by atoms with van der Waals surface area (Å²) in [6, 6.07) is 12.5. The van der Waals surface area contributed by atoms with Crippen molar-refractivity contribution in [1.82, 2.24) is 20.0 Å². The summed E-state index contributed by atoms with van der Waals surface area (Å²) in [7, 11) is 1.61. The molecule has 0 aliphatic rings. The summed E-state index contributed by atoms with van der Waals surface area (Å²) in [6.07, 6.45) is 2.24. The number of rotatable bonds is 7. The van der Waals surface area contributed by atoms with Crippen LogP contribution >= 0.6 is 23.2 Å². The van der Waals surface area contributed by atoms with E-state index in [1.807, 2.05) is 24.3 Å². The first kappa shape index (κ1) is 22.0. The molecule has 0 fully saturated rings. The monoisotopic (exact) mass is 470 g/mol. The number of amides is 1. The first-order chi connectivity index (χ1) is 15.5. The lowest BCUT2D eigenvalue weighted by Gasteiger charge is -2.05. The van der Waals surface area contributed by atoms with Crippen LogP contribution in [0.3, 0.4) is 0 Å². The maximum atomic E-state index is 13.0. The number of halogens is 2. The SMILES string of the molecule is COCCCNC(=O)c1c(N)n(/N=C\c2ccc(Cl)c(Cl)c2)c2nc3ccccc3nc12. The normalized spacial score (nSPS) is 11.6. The van der Waals surface area contributed by atoms with Gasteiger partial charge in [0.05, 0.1) is 27.3 Å². The van der Waals surface area contributed by atoms with Crippen LogP contribution in [0.4, 0.5) is 5.82 Å². The number of hydrogen-bond acceptors (Lipinski definition) is 6. The van der Waals surface area contributed by atoms with E-state index >= 15 is 0 Å². The minimum Gasteiger partial charge on any atom is -0.385 e. The van der Waals surface area contributed by atoms with Gasteiger partial charge in [-0.05, 0) is 36.2 Å². The Bertz CT molecular complexity index is 1340. The largest absolute Gasteiger partial charge is 0.385 e. The molecule has 0 radical (unpaired) electrons. The van der Waals surface area contributed by atoms with Crippen LogP contribution in [0.15, 0.2) is 47.6 Å². The lowest BCUT2D eigenvalue weighted by Crippen LogP contribution is -2.26. The summed E-state index contributed by atoms with van der Waals surface area (Å²) in [5.41, 5.74) is 9.36. The number of nitrogens with two attached hydrogens (primary N) is 1. The molecule has 2 aromatic heterocycles. The Hall–Kier alpha value is -3.20. The molecule has 0 spiro atoms. The number of benzene rings is 2. The van der Waals surface area contributed by atoms with Gasteiger partial charge in [0, 0.05) is 20.3 Å². The molecule has 4 aromatic rings. The summed E-state index contributed by atoms with van der Waals surface area (Å²) >= 11 is 12.1. The van der Waals surface area contributed by atoms with Crippen LogP contribution in [0.5, 0.6) is 0 Å². The third-order valence-corrected chi connectivity index (χ3v) is 5.52. The smallest absolute Gasteiger partial charge is 0.257 e. The fraction of sp³-hybridized carbons (Fsp3) is 0.182. The molecule has 2 aromatic carbocycles. The molecule has 3 N–H and O–H groups in total. The molecule has 0 unspecified atom stereocenters. The highest BCUT2D eigenvalue weighted by Gasteiger charge is 2.23. The Kier molecular flexibility index (Phi) is 6.55. The number of nitrogen functional groups attached to an aromatic ring is 1. The van der Waals surface area contributed by atoms with Crippen LogP contribution in [-0.4, -0.2) is 47.0 Å². The van der Waals surface area contributed by atoms with Gasteiger partial charge in [-0.2, -0.15) is 9.78 Å². The van der Waals surface area contributed by atoms with E-state index < -0.39 is 0 Å². The molecule has 164 valence electrons. The molecule has 1 amide bonds. The Labute approximate surface area is 194 Å². The lowest BCUT2D eigenvalue weighted by molar-refractivity contribution is 0.0951. The molecule has 4 rings (SSSR count). The number of methoxy groups -OCH3 is 1. The maximum absolute atomic E-state index is 13.0. The van der Waals surface area contributed by atoms with Crippen LogP contribution in [0, 0.1) is 0 Å². The average molecular weight is 471 g/mol. The number of aromatic nitrogens is 3. The van der Waals surface area contributed by atoms with Gasteiger partial charge in [0.1, 0.15) is 16.9 Å². The van der Waals surface area contributed by atoms with E-state index in [2.05, 4.69) is 20.4 Å². The summed E-state index contributed by atoms with van der Waals surface area (Å²) in [6.45, 7) is 0.974. The molecular weight excluding hydrogens is 451 g/mol. The molecule has 0 saturated carbocycles. The number of anilines is 1. The molecular formula is C22H20Cl2N6O2. The minimum atomic E-state index is -0.350. The molecule has 0 aliphatic carbocycles. The van der Waals surface area contributed by atoms with Gasteiger partial charge < -0.3 is 15.8 Å². The second-order valence-electron chi connectivity index (χ2n) is 6.98. The number of nitrogens with zero attached hydrogens (tertiary/aromatic N) is 4. The number of carbonyl (C=O) groups is 1. The van der Waals surface area contributed by atoms with Crippen LogP contribution in [-0.2, 0) is 4.74 Å². The van der Waals surface area contributed by atoms with Gasteiger partial charge in [-0.3, -0.25) is 4.79 Å². The zero-order chi connectivity index (χ0) is 22.7. The van der Waals surface area contributed by atoms with Crippen molar-refractivity contribution in [3.63, 3.8) is 0 Å². The fourth-order valence-electron chi connectivity index (χ4n) is 3.21. The van der Waals surface area contributed by atoms with Gasteiger partial charge >= 0.3 is 0 Å². The topological polar surface area (TPSA) is 107 Å². The number of hydrogen-bond donors (Lipinski definition) is 2. The highest BCUT2D eigenvalue weighted by atomic mass is 35.5. The number of ether oxygens (including phenoxy) is 1. The van der Waals surface area contributed by atoms with Crippen molar-refractivity contribution in [3.05, 3.63) is 63.6 Å². The predicted molar refractivity (Wildman–Crippen MR) is 128 cm³/mol. The maximum Gasteiger partial charge on any atom is 0.257 e. The second kappa shape index (κ2) is 9.52. The van der Waals surface area contributed by atoms with Crippen LogP contribution < -0.4 is 11.1 Å². The van der Waals surface area contributed by atoms with Crippen molar-refractivity contribution in [2.45, 2.75) is 6.42 Å². The van der Waals surface area contributed by atoms with E-state index in [1.165, 1.54) is 4.68 Å². The van der Waals surface area contributed by atoms with Crippen molar-refractivity contribution >= 4 is 63.3 Å². The van der Waals surface area contributed by atoms with E-state index in [0.717, 1.165) is 0 Å². The van der Waals surface area contributed by atoms with Gasteiger partial charge in [-0.1, -0.05) is 41.4 Å². The second-order valence-corrected chi connectivity index (χ2v) is 7.79. The first-order valence-corrected chi connectivity index (χ1v) is 10.6. The molecule has 0 saturated heterocycles. The Balaban J connectivity index is 1.81. The van der Waals surface area contributed by atoms with E-state index in [1.54, 1.807) is 31.5 Å². The third kappa shape index (κ3) is 4.38. The molecule has 0 bridgehead atoms. The Morgan fingerprint density at radius 1 is 1.19 bits per heavy atom. The number of para-hydroxylation sites is 2. The standard InChI is InChI=1S/C22H20Cl2N6O2/c1-32-10-4-9-26-22(31)18-19-21(29-17-6-3-2-5-16(17)28-19)30(20(18)25)27-12-13-7-8-14(23)15(24)11-13/h2-3,5-8,11-12H,4,9-10,25H2,1H3,(H,26,31)/b27-12-. The molecule has 10 heteroatoms. The van der Waals surface area contributed by atoms with E-state index in [0.29, 0.717) is 57.4 Å². The van der Waals surface area contributed by atoms with E-state index in [-0.39, 0.29) is 17.3 Å². The van der Waals surface area contributed by atoms with Gasteiger partial charge in [0.2, 0.25) is 0 Å². The van der Waals surface area contributed by atoms with E-state index in [4.69, 9.17) is 33.7 Å². The predicted octanol–water partition coefficient (Wildman–Crippen LogP) is 4.12. The number of nitrogens with one attached hydrogen (secondary N) is 1. The van der Waals surface area contributed by atoms with Crippen molar-refractivity contribution in [2.24, 2.45) is 5.10 Å². The summed E-state index contributed by atoms with van der Waals surface area (Å²) in [5.74, 6) is -0.215. The summed E-state index contributed by atoms with van der Waals surface area (Å²) in [4.78, 5) is 22.3. The van der Waals surface area contributed by atoms with Gasteiger partial charge in [-0.15, -0.1) is 0 Å². The zero-order valence-electron chi connectivity index (χ0n) is 17.2. The average Bonchev–Trinajstić information content (AvgIpc) is 3.06. The lowest BCUT2D eigenvalue weighted by atomic mass is 10.2. The molecule has 0 aliphatic heterocycles. The molecule has 8 nitrogen and oxygen atoms in total. The highest BCUT2D eigenvalue weighted by Crippen LogP contribution is 2.28. The van der Waals surface area contributed by atoms with Crippen molar-refractivity contribution < 1.29 is 9.53 Å². The molecule has 0 atom stereocenters. The fourth-order valence-corrected chi connectivity index (χ4v) is 3.52.